The number of nitrogens with zero attached hydrogens (tertiary/aromatic N) is 3. The summed E-state index contributed by atoms with van der Waals surface area (Å²) in [5.74, 6) is 0.0691. The second kappa shape index (κ2) is 7.76. The Morgan fingerprint density at radius 1 is 1.00 bits per heavy atom. The Hall–Kier alpha value is -1.92. The minimum atomic E-state index is -0.291. The summed E-state index contributed by atoms with van der Waals surface area (Å²) < 4.78 is 0. The third kappa shape index (κ3) is 3.76. The number of fused-ring (bicyclic) bond motifs is 1. The van der Waals surface area contributed by atoms with Gasteiger partial charge in [0.05, 0.1) is 6.54 Å². The van der Waals surface area contributed by atoms with Gasteiger partial charge in [-0.05, 0) is 37.9 Å². The second-order valence-corrected chi connectivity index (χ2v) is 7.62. The number of hydrogen-bond donors (Lipinski definition) is 1. The van der Waals surface area contributed by atoms with E-state index >= 15 is 0 Å². The first-order valence-corrected chi connectivity index (χ1v) is 9.78. The number of carbonyl (C=O) groups excluding carboxylic acids is 2. The van der Waals surface area contributed by atoms with Crippen LogP contribution in [0, 0.1) is 0 Å². The number of carbonyl (C=O) groups is 2. The van der Waals surface area contributed by atoms with Gasteiger partial charge in [-0.25, -0.2) is 0 Å². The highest BCUT2D eigenvalue weighted by atomic mass is 16.2. The Kier molecular flexibility index (Phi) is 5.22. The van der Waals surface area contributed by atoms with Gasteiger partial charge in [-0.3, -0.25) is 14.5 Å². The van der Waals surface area contributed by atoms with E-state index in [0.29, 0.717) is 19.1 Å². The minimum Gasteiger partial charge on any atom is -0.345 e. The number of piperidine rings is 1. The maximum Gasteiger partial charge on any atom is 0.244 e. The highest BCUT2D eigenvalue weighted by Gasteiger charge is 2.40. The number of nitrogens with one attached hydrogen (secondary N) is 1. The number of benzene rings is 1. The third-order valence-electron chi connectivity index (χ3n) is 6.08. The lowest BCUT2D eigenvalue weighted by Gasteiger charge is -2.47. The fourth-order valence-corrected chi connectivity index (χ4v) is 4.48. The standard InChI is InChI=1S/C20H28N4O2/c25-19-14-21-20(26)18-15-23(12-13-24(18)19)17-7-10-22(11-8-17)9-6-16-4-2-1-3-5-16/h1-5,17-18H,6-15H2,(H,21,26)/t18-/m0/s1. The Labute approximate surface area is 155 Å². The normalized spacial score (nSPS) is 25.8. The number of amides is 2. The third-order valence-corrected chi connectivity index (χ3v) is 6.08. The molecule has 3 aliphatic rings. The van der Waals surface area contributed by atoms with E-state index in [4.69, 9.17) is 0 Å². The van der Waals surface area contributed by atoms with Crippen LogP contribution in [0.2, 0.25) is 0 Å². The van der Waals surface area contributed by atoms with Crippen LogP contribution in [0.25, 0.3) is 0 Å². The molecule has 1 N–H and O–H groups in total. The maximum atomic E-state index is 12.1. The monoisotopic (exact) mass is 356 g/mol. The molecule has 4 rings (SSSR count). The maximum absolute atomic E-state index is 12.1. The average Bonchev–Trinajstić information content (AvgIpc) is 2.70. The zero-order valence-corrected chi connectivity index (χ0v) is 15.3. The summed E-state index contributed by atoms with van der Waals surface area (Å²) in [6.07, 6.45) is 3.41. The lowest BCUT2D eigenvalue weighted by Crippen LogP contribution is -2.67. The fraction of sp³-hybridized carbons (Fsp3) is 0.600. The van der Waals surface area contributed by atoms with Crippen LogP contribution in [-0.4, -0.2) is 84.4 Å². The van der Waals surface area contributed by atoms with Crippen molar-refractivity contribution in [1.29, 1.82) is 0 Å². The largest absolute Gasteiger partial charge is 0.345 e. The Morgan fingerprint density at radius 2 is 1.77 bits per heavy atom. The second-order valence-electron chi connectivity index (χ2n) is 7.62. The van der Waals surface area contributed by atoms with Gasteiger partial charge in [-0.15, -0.1) is 0 Å². The topological polar surface area (TPSA) is 55.9 Å². The summed E-state index contributed by atoms with van der Waals surface area (Å²) >= 11 is 0. The van der Waals surface area contributed by atoms with Gasteiger partial charge < -0.3 is 15.1 Å². The summed E-state index contributed by atoms with van der Waals surface area (Å²) in [5, 5.41) is 2.73. The van der Waals surface area contributed by atoms with Crippen molar-refractivity contribution in [3.63, 3.8) is 0 Å². The van der Waals surface area contributed by atoms with Gasteiger partial charge in [0.25, 0.3) is 0 Å². The van der Waals surface area contributed by atoms with E-state index in [9.17, 15) is 9.59 Å². The Morgan fingerprint density at radius 3 is 2.54 bits per heavy atom. The van der Waals surface area contributed by atoms with Crippen molar-refractivity contribution in [1.82, 2.24) is 20.0 Å². The first-order chi connectivity index (χ1) is 12.7. The van der Waals surface area contributed by atoms with Crippen LogP contribution >= 0.6 is 0 Å². The molecule has 0 spiro atoms. The van der Waals surface area contributed by atoms with Gasteiger partial charge in [-0.2, -0.15) is 0 Å². The Balaban J connectivity index is 1.26. The van der Waals surface area contributed by atoms with E-state index in [1.807, 2.05) is 0 Å². The van der Waals surface area contributed by atoms with Crippen molar-refractivity contribution in [3.05, 3.63) is 35.9 Å². The van der Waals surface area contributed by atoms with Gasteiger partial charge in [0.2, 0.25) is 11.8 Å². The van der Waals surface area contributed by atoms with Crippen LogP contribution in [0.1, 0.15) is 18.4 Å². The molecule has 140 valence electrons. The molecule has 3 fully saturated rings. The molecule has 6 heteroatoms. The molecular weight excluding hydrogens is 328 g/mol. The smallest absolute Gasteiger partial charge is 0.244 e. The molecule has 0 unspecified atom stereocenters. The van der Waals surface area contributed by atoms with Crippen LogP contribution in [0.4, 0.5) is 0 Å². The van der Waals surface area contributed by atoms with Crippen molar-refractivity contribution >= 4 is 11.8 Å². The molecule has 0 saturated carbocycles. The molecule has 3 aliphatic heterocycles. The molecule has 0 bridgehead atoms. The fourth-order valence-electron chi connectivity index (χ4n) is 4.48. The van der Waals surface area contributed by atoms with Crippen LogP contribution in [0.5, 0.6) is 0 Å². The van der Waals surface area contributed by atoms with Crippen molar-refractivity contribution in [2.24, 2.45) is 0 Å². The zero-order chi connectivity index (χ0) is 17.9. The molecule has 6 nitrogen and oxygen atoms in total. The van der Waals surface area contributed by atoms with E-state index in [-0.39, 0.29) is 24.4 Å². The molecular formula is C20H28N4O2. The first kappa shape index (κ1) is 17.5. The number of rotatable bonds is 4. The van der Waals surface area contributed by atoms with Gasteiger partial charge in [0.1, 0.15) is 6.04 Å². The molecule has 3 heterocycles. The van der Waals surface area contributed by atoms with Crippen molar-refractivity contribution < 1.29 is 9.59 Å². The van der Waals surface area contributed by atoms with Gasteiger partial charge in [0.15, 0.2) is 0 Å². The molecule has 0 aliphatic carbocycles. The molecule has 3 saturated heterocycles. The van der Waals surface area contributed by atoms with E-state index in [1.54, 1.807) is 4.90 Å². The van der Waals surface area contributed by atoms with Crippen LogP contribution in [0.15, 0.2) is 30.3 Å². The van der Waals surface area contributed by atoms with Crippen LogP contribution in [0.3, 0.4) is 0 Å². The summed E-state index contributed by atoms with van der Waals surface area (Å²) in [6, 6.07) is 10.9. The van der Waals surface area contributed by atoms with E-state index < -0.39 is 0 Å². The highest BCUT2D eigenvalue weighted by molar-refractivity contribution is 5.95. The molecule has 1 aromatic carbocycles. The summed E-state index contributed by atoms with van der Waals surface area (Å²) in [6.45, 7) is 5.78. The number of piperazine rings is 2. The van der Waals surface area contributed by atoms with Gasteiger partial charge in [0, 0.05) is 32.2 Å². The van der Waals surface area contributed by atoms with Crippen LogP contribution in [-0.2, 0) is 16.0 Å². The average molecular weight is 356 g/mol. The molecule has 1 aromatic rings. The first-order valence-electron chi connectivity index (χ1n) is 9.78. The minimum absolute atomic E-state index is 0.00889. The molecule has 0 aromatic heterocycles. The lowest BCUT2D eigenvalue weighted by molar-refractivity contribution is -0.150. The van der Waals surface area contributed by atoms with Crippen molar-refractivity contribution in [3.8, 4) is 0 Å². The summed E-state index contributed by atoms with van der Waals surface area (Å²) in [7, 11) is 0. The SMILES string of the molecule is O=C1NCC(=O)N2CCN(C3CCN(CCc4ccccc4)CC3)C[C@@H]12. The van der Waals surface area contributed by atoms with Crippen molar-refractivity contribution in [2.75, 3.05) is 45.8 Å². The van der Waals surface area contributed by atoms with E-state index in [1.165, 1.54) is 5.56 Å². The van der Waals surface area contributed by atoms with E-state index in [2.05, 4.69) is 45.4 Å². The highest BCUT2D eigenvalue weighted by Crippen LogP contribution is 2.22. The predicted molar refractivity (Wildman–Crippen MR) is 99.7 cm³/mol. The summed E-state index contributed by atoms with van der Waals surface area (Å²) in [5.41, 5.74) is 1.40. The number of hydrogen-bond acceptors (Lipinski definition) is 4. The van der Waals surface area contributed by atoms with Gasteiger partial charge >= 0.3 is 0 Å². The Bertz CT molecular complexity index is 642. The van der Waals surface area contributed by atoms with Crippen molar-refractivity contribution in [2.45, 2.75) is 31.3 Å². The zero-order valence-electron chi connectivity index (χ0n) is 15.3. The molecule has 26 heavy (non-hydrogen) atoms. The molecule has 1 atom stereocenters. The molecule has 2 amide bonds. The van der Waals surface area contributed by atoms with Gasteiger partial charge in [-0.1, -0.05) is 30.3 Å². The molecule has 0 radical (unpaired) electrons. The predicted octanol–water partition coefficient (Wildman–Crippen LogP) is 0.336. The lowest BCUT2D eigenvalue weighted by atomic mass is 9.99. The number of likely N-dealkylation sites (tertiary alicyclic amines) is 1. The quantitative estimate of drug-likeness (QED) is 0.845. The van der Waals surface area contributed by atoms with E-state index in [0.717, 1.165) is 45.4 Å². The van der Waals surface area contributed by atoms with Crippen LogP contribution < -0.4 is 5.32 Å². The summed E-state index contributed by atoms with van der Waals surface area (Å²) in [4.78, 5) is 30.9.